The van der Waals surface area contributed by atoms with Crippen LogP contribution in [0.5, 0.6) is 5.75 Å². The van der Waals surface area contributed by atoms with E-state index in [2.05, 4.69) is 4.72 Å². The minimum atomic E-state index is -3.46. The number of carbonyl (C=O) groups is 2. The van der Waals surface area contributed by atoms with Crippen molar-refractivity contribution in [3.63, 3.8) is 0 Å². The highest BCUT2D eigenvalue weighted by Gasteiger charge is 2.39. The maximum Gasteiger partial charge on any atom is 0.308 e. The van der Waals surface area contributed by atoms with E-state index < -0.39 is 10.0 Å². The molecule has 0 saturated carbocycles. The zero-order valence-electron chi connectivity index (χ0n) is 16.7. The lowest BCUT2D eigenvalue weighted by atomic mass is 9.94. The van der Waals surface area contributed by atoms with E-state index in [1.807, 2.05) is 0 Å². The van der Waals surface area contributed by atoms with Crippen LogP contribution in [-0.4, -0.2) is 70.0 Å². The summed E-state index contributed by atoms with van der Waals surface area (Å²) in [6.45, 7) is 1.75. The number of hydrogen-bond donors (Lipinski definition) is 1. The Morgan fingerprint density at radius 2 is 2.10 bits per heavy atom. The van der Waals surface area contributed by atoms with Gasteiger partial charge >= 0.3 is 5.97 Å². The molecule has 9 nitrogen and oxygen atoms in total. The van der Waals surface area contributed by atoms with Crippen LogP contribution in [-0.2, 0) is 24.3 Å². The lowest BCUT2D eigenvalue weighted by Crippen LogP contribution is -2.53. The number of sulfonamides is 1. The van der Waals surface area contributed by atoms with Crippen molar-refractivity contribution in [1.29, 1.82) is 0 Å². The Balaban J connectivity index is 1.82. The second-order valence-corrected chi connectivity index (χ2v) is 9.18. The Bertz CT molecular complexity index is 887. The number of amides is 1. The van der Waals surface area contributed by atoms with Gasteiger partial charge in [0.2, 0.25) is 10.0 Å². The number of nitrogens with zero attached hydrogens (tertiary/aromatic N) is 1. The van der Waals surface area contributed by atoms with Gasteiger partial charge in [-0.3, -0.25) is 14.3 Å². The first-order valence-electron chi connectivity index (χ1n) is 9.50. The summed E-state index contributed by atoms with van der Waals surface area (Å²) in [6, 6.07) is 4.41. The van der Waals surface area contributed by atoms with Gasteiger partial charge < -0.3 is 19.1 Å². The first kappa shape index (κ1) is 21.4. The second-order valence-electron chi connectivity index (χ2n) is 7.16. The molecule has 1 N–H and O–H groups in total. The summed E-state index contributed by atoms with van der Waals surface area (Å²) >= 11 is 0. The summed E-state index contributed by atoms with van der Waals surface area (Å²) in [4.78, 5) is 26.2. The summed E-state index contributed by atoms with van der Waals surface area (Å²) in [5, 5.41) is 0. The molecule has 2 aliphatic rings. The molecule has 0 radical (unpaired) electrons. The molecule has 1 fully saturated rings. The third-order valence-electron chi connectivity index (χ3n) is 5.29. The largest absolute Gasteiger partial charge is 0.490 e. The number of likely N-dealkylation sites (N-methyl/N-ethyl adjacent to an activating group) is 1. The summed E-state index contributed by atoms with van der Waals surface area (Å²) < 4.78 is 42.7. The minimum absolute atomic E-state index is 0.0672. The molecule has 0 spiro atoms. The third-order valence-corrected chi connectivity index (χ3v) is 6.59. The maximum atomic E-state index is 13.1. The van der Waals surface area contributed by atoms with Crippen molar-refractivity contribution in [2.24, 2.45) is 0 Å². The van der Waals surface area contributed by atoms with Crippen LogP contribution in [0.3, 0.4) is 0 Å². The lowest BCUT2D eigenvalue weighted by molar-refractivity contribution is -0.151. The fourth-order valence-corrected chi connectivity index (χ4v) is 4.24. The first-order valence-corrected chi connectivity index (χ1v) is 11.2. The SMILES string of the molecule is CCS(=O)(=O)Nc1ccc2c(c1)C(=O)N(C)[C@@H]1CC[C@@H](CC(=O)OC)O[C@@H]1CO2. The fraction of sp³-hybridized carbons (Fsp3) is 0.579. The molecule has 3 atom stereocenters. The van der Waals surface area contributed by atoms with Crippen molar-refractivity contribution in [3.8, 4) is 5.75 Å². The van der Waals surface area contributed by atoms with Gasteiger partial charge in [0.05, 0.1) is 37.0 Å². The number of rotatable bonds is 5. The van der Waals surface area contributed by atoms with Crippen molar-refractivity contribution in [1.82, 2.24) is 4.90 Å². The molecule has 160 valence electrons. The van der Waals surface area contributed by atoms with Crippen molar-refractivity contribution in [3.05, 3.63) is 23.8 Å². The minimum Gasteiger partial charge on any atom is -0.490 e. The van der Waals surface area contributed by atoms with Crippen molar-refractivity contribution < 1.29 is 32.2 Å². The first-order chi connectivity index (χ1) is 13.7. The number of nitrogens with one attached hydrogen (secondary N) is 1. The van der Waals surface area contributed by atoms with Crippen LogP contribution < -0.4 is 9.46 Å². The summed E-state index contributed by atoms with van der Waals surface area (Å²) in [6.07, 6.45) is 0.792. The van der Waals surface area contributed by atoms with Crippen molar-refractivity contribution in [2.45, 2.75) is 44.4 Å². The fourth-order valence-electron chi connectivity index (χ4n) is 3.61. The highest BCUT2D eigenvalue weighted by atomic mass is 32.2. The van der Waals surface area contributed by atoms with Gasteiger partial charge in [0.1, 0.15) is 18.5 Å². The van der Waals surface area contributed by atoms with Gasteiger partial charge in [-0.25, -0.2) is 8.42 Å². The average molecular weight is 426 g/mol. The smallest absolute Gasteiger partial charge is 0.308 e. The zero-order chi connectivity index (χ0) is 21.2. The number of anilines is 1. The van der Waals surface area contributed by atoms with Gasteiger partial charge in [-0.2, -0.15) is 0 Å². The monoisotopic (exact) mass is 426 g/mol. The number of methoxy groups -OCH3 is 1. The number of fused-ring (bicyclic) bond motifs is 2. The third kappa shape index (κ3) is 4.81. The van der Waals surface area contributed by atoms with Crippen LogP contribution in [0, 0.1) is 0 Å². The molecule has 1 aromatic carbocycles. The molecule has 10 heteroatoms. The van der Waals surface area contributed by atoms with E-state index >= 15 is 0 Å². The molecule has 1 amide bonds. The topological polar surface area (TPSA) is 111 Å². The molecule has 0 bridgehead atoms. The van der Waals surface area contributed by atoms with Gasteiger partial charge in [0, 0.05) is 12.7 Å². The molecule has 0 unspecified atom stereocenters. The normalized spacial score (nSPS) is 24.4. The van der Waals surface area contributed by atoms with Crippen LogP contribution in [0.15, 0.2) is 18.2 Å². The van der Waals surface area contributed by atoms with Gasteiger partial charge in [-0.05, 0) is 38.0 Å². The average Bonchev–Trinajstić information content (AvgIpc) is 2.70. The molecule has 2 heterocycles. The number of ether oxygens (including phenoxy) is 3. The zero-order valence-corrected chi connectivity index (χ0v) is 17.5. The summed E-state index contributed by atoms with van der Waals surface area (Å²) in [7, 11) is -0.422. The Kier molecular flexibility index (Phi) is 6.33. The summed E-state index contributed by atoms with van der Waals surface area (Å²) in [5.74, 6) is -0.319. The van der Waals surface area contributed by atoms with Crippen molar-refractivity contribution >= 4 is 27.6 Å². The Morgan fingerprint density at radius 3 is 2.79 bits per heavy atom. The predicted molar refractivity (Wildman–Crippen MR) is 105 cm³/mol. The molecule has 1 aromatic rings. The number of benzene rings is 1. The molecular formula is C19H26N2O7S. The number of esters is 1. The van der Waals surface area contributed by atoms with E-state index in [1.54, 1.807) is 24.1 Å². The van der Waals surface area contributed by atoms with Crippen LogP contribution >= 0.6 is 0 Å². The van der Waals surface area contributed by atoms with Crippen molar-refractivity contribution in [2.75, 3.05) is 31.2 Å². The number of carbonyl (C=O) groups excluding carboxylic acids is 2. The van der Waals surface area contributed by atoms with Crippen LogP contribution in [0.25, 0.3) is 0 Å². The lowest BCUT2D eigenvalue weighted by Gasteiger charge is -2.42. The van der Waals surface area contributed by atoms with E-state index in [0.29, 0.717) is 29.8 Å². The molecule has 0 aromatic heterocycles. The molecule has 0 aliphatic carbocycles. The quantitative estimate of drug-likeness (QED) is 0.708. The van der Waals surface area contributed by atoms with E-state index in [1.165, 1.54) is 20.1 Å². The number of hydrogen-bond acceptors (Lipinski definition) is 7. The highest BCUT2D eigenvalue weighted by molar-refractivity contribution is 7.92. The van der Waals surface area contributed by atoms with E-state index in [0.717, 1.165) is 0 Å². The predicted octanol–water partition coefficient (Wildman–Crippen LogP) is 1.39. The standard InChI is InChI=1S/C19H26N2O7S/c1-4-29(24,25)20-12-5-8-16-14(9-12)19(23)21(2)15-7-6-13(10-18(22)26-3)28-17(15)11-27-16/h5,8-9,13,15,17,20H,4,6-7,10-11H2,1-3H3/t13-,15+,17+/m0/s1. The van der Waals surface area contributed by atoms with E-state index in [9.17, 15) is 18.0 Å². The van der Waals surface area contributed by atoms with Gasteiger partial charge in [0.25, 0.3) is 5.91 Å². The van der Waals surface area contributed by atoms with E-state index in [-0.39, 0.29) is 48.9 Å². The second kappa shape index (κ2) is 8.58. The molecular weight excluding hydrogens is 400 g/mol. The molecule has 1 saturated heterocycles. The summed E-state index contributed by atoms with van der Waals surface area (Å²) in [5.41, 5.74) is 0.602. The Hall–Kier alpha value is -2.33. The Labute approximate surface area is 170 Å². The van der Waals surface area contributed by atoms with E-state index in [4.69, 9.17) is 14.2 Å². The molecule has 2 aliphatic heterocycles. The molecule has 3 rings (SSSR count). The van der Waals surface area contributed by atoms with Crippen LogP contribution in [0.4, 0.5) is 5.69 Å². The van der Waals surface area contributed by atoms with Crippen LogP contribution in [0.2, 0.25) is 0 Å². The van der Waals surface area contributed by atoms with Gasteiger partial charge in [-0.1, -0.05) is 0 Å². The molecule has 29 heavy (non-hydrogen) atoms. The Morgan fingerprint density at radius 1 is 1.34 bits per heavy atom. The van der Waals surface area contributed by atoms with Crippen LogP contribution in [0.1, 0.15) is 36.5 Å². The highest BCUT2D eigenvalue weighted by Crippen LogP contribution is 2.32. The van der Waals surface area contributed by atoms with Gasteiger partial charge in [-0.15, -0.1) is 0 Å². The maximum absolute atomic E-state index is 13.1. The van der Waals surface area contributed by atoms with Gasteiger partial charge in [0.15, 0.2) is 0 Å².